The molecule has 1 aromatic carbocycles. The lowest BCUT2D eigenvalue weighted by Gasteiger charge is -2.22. The molecule has 1 heterocycles. The summed E-state index contributed by atoms with van der Waals surface area (Å²) in [5, 5.41) is 3.07. The highest BCUT2D eigenvalue weighted by Crippen LogP contribution is 2.17. The van der Waals surface area contributed by atoms with E-state index in [2.05, 4.69) is 5.32 Å². The summed E-state index contributed by atoms with van der Waals surface area (Å²) >= 11 is 6.82. The molecule has 3 nitrogen and oxygen atoms in total. The minimum atomic E-state index is -0.0126. The van der Waals surface area contributed by atoms with Crippen molar-refractivity contribution >= 4 is 34.9 Å². The van der Waals surface area contributed by atoms with Gasteiger partial charge in [-0.3, -0.25) is 4.79 Å². The molecule has 0 bridgehead atoms. The first kappa shape index (κ1) is 13.4. The number of thioether (sulfide) groups is 1. The van der Waals surface area contributed by atoms with Gasteiger partial charge in [0, 0.05) is 17.2 Å². The van der Waals surface area contributed by atoms with Crippen molar-refractivity contribution in [1.29, 1.82) is 0 Å². The number of nitrogens with one attached hydrogen (secondary N) is 1. The van der Waals surface area contributed by atoms with Crippen molar-refractivity contribution in [3.63, 3.8) is 0 Å². The quantitative estimate of drug-likeness (QED) is 0.831. The van der Waals surface area contributed by atoms with Crippen LogP contribution < -0.4 is 11.1 Å². The second-order valence-electron chi connectivity index (χ2n) is 4.30. The molecule has 0 atom stereocenters. The zero-order chi connectivity index (χ0) is 13.0. The summed E-state index contributed by atoms with van der Waals surface area (Å²) in [7, 11) is 0. The van der Waals surface area contributed by atoms with Crippen molar-refractivity contribution in [1.82, 2.24) is 5.32 Å². The van der Waals surface area contributed by atoms with Gasteiger partial charge in [-0.15, -0.1) is 0 Å². The van der Waals surface area contributed by atoms with Gasteiger partial charge in [0.25, 0.3) is 5.91 Å². The Hall–Kier alpha value is -1.07. The predicted molar refractivity (Wildman–Crippen MR) is 80.1 cm³/mol. The second-order valence-corrected chi connectivity index (χ2v) is 5.97. The monoisotopic (exact) mass is 280 g/mol. The van der Waals surface area contributed by atoms with E-state index in [1.54, 1.807) is 24.3 Å². The fourth-order valence-corrected chi connectivity index (χ4v) is 3.14. The minimum Gasteiger partial charge on any atom is -0.389 e. The van der Waals surface area contributed by atoms with E-state index in [9.17, 15) is 4.79 Å². The maximum absolute atomic E-state index is 12.0. The van der Waals surface area contributed by atoms with Crippen LogP contribution in [-0.4, -0.2) is 28.4 Å². The van der Waals surface area contributed by atoms with Crippen LogP contribution in [0.5, 0.6) is 0 Å². The number of thiocarbonyl (C=S) groups is 1. The van der Waals surface area contributed by atoms with Gasteiger partial charge < -0.3 is 11.1 Å². The summed E-state index contributed by atoms with van der Waals surface area (Å²) in [6, 6.07) is 7.42. The summed E-state index contributed by atoms with van der Waals surface area (Å²) < 4.78 is 0. The van der Waals surface area contributed by atoms with E-state index in [-0.39, 0.29) is 5.91 Å². The molecule has 0 spiro atoms. The Kier molecular flexibility index (Phi) is 4.60. The van der Waals surface area contributed by atoms with Gasteiger partial charge in [-0.05, 0) is 36.5 Å². The molecule has 96 valence electrons. The Morgan fingerprint density at radius 1 is 1.22 bits per heavy atom. The number of rotatable bonds is 3. The molecular weight excluding hydrogens is 264 g/mol. The Balaban J connectivity index is 1.97. The molecule has 0 radical (unpaired) electrons. The van der Waals surface area contributed by atoms with Crippen LogP contribution in [0, 0.1) is 0 Å². The molecule has 0 aliphatic carbocycles. The van der Waals surface area contributed by atoms with E-state index in [1.165, 1.54) is 0 Å². The number of amides is 1. The molecule has 2 rings (SSSR count). The molecule has 3 N–H and O–H groups in total. The molecule has 1 aliphatic heterocycles. The highest BCUT2D eigenvalue weighted by atomic mass is 32.2. The topological polar surface area (TPSA) is 55.1 Å². The number of carbonyl (C=O) groups is 1. The van der Waals surface area contributed by atoms with E-state index in [1.807, 2.05) is 11.8 Å². The van der Waals surface area contributed by atoms with Gasteiger partial charge in [0.1, 0.15) is 4.99 Å². The molecule has 0 saturated carbocycles. The summed E-state index contributed by atoms with van der Waals surface area (Å²) in [6.07, 6.45) is 2.11. The number of nitrogens with two attached hydrogens (primary N) is 1. The van der Waals surface area contributed by atoms with Crippen molar-refractivity contribution in [3.05, 3.63) is 35.4 Å². The Morgan fingerprint density at radius 3 is 2.33 bits per heavy atom. The largest absolute Gasteiger partial charge is 0.389 e. The van der Waals surface area contributed by atoms with Gasteiger partial charge in [0.05, 0.1) is 0 Å². The number of hydrogen-bond acceptors (Lipinski definition) is 3. The van der Waals surface area contributed by atoms with E-state index in [4.69, 9.17) is 18.0 Å². The van der Waals surface area contributed by atoms with Gasteiger partial charge >= 0.3 is 0 Å². The summed E-state index contributed by atoms with van der Waals surface area (Å²) in [6.45, 7) is 0. The van der Waals surface area contributed by atoms with Crippen molar-refractivity contribution in [2.75, 3.05) is 11.5 Å². The van der Waals surface area contributed by atoms with Crippen LogP contribution >= 0.6 is 24.0 Å². The molecule has 0 aromatic heterocycles. The molecule has 0 unspecified atom stereocenters. The van der Waals surface area contributed by atoms with Crippen molar-refractivity contribution in [3.8, 4) is 0 Å². The summed E-state index contributed by atoms with van der Waals surface area (Å²) in [5.41, 5.74) is 6.97. The van der Waals surface area contributed by atoms with Crippen molar-refractivity contribution < 1.29 is 4.79 Å². The highest BCUT2D eigenvalue weighted by Gasteiger charge is 2.16. The minimum absolute atomic E-state index is 0.0126. The van der Waals surface area contributed by atoms with Gasteiger partial charge in [0.2, 0.25) is 0 Å². The average molecular weight is 280 g/mol. The lowest BCUT2D eigenvalue weighted by atomic mass is 10.1. The summed E-state index contributed by atoms with van der Waals surface area (Å²) in [5.74, 6) is 2.25. The highest BCUT2D eigenvalue weighted by molar-refractivity contribution is 7.99. The van der Waals surface area contributed by atoms with Crippen LogP contribution in [0.2, 0.25) is 0 Å². The Bertz CT molecular complexity index is 439. The van der Waals surface area contributed by atoms with E-state index < -0.39 is 0 Å². The molecule has 1 fully saturated rings. The predicted octanol–water partition coefficient (Wildman–Crippen LogP) is 1.95. The standard InChI is InChI=1S/C13H16N2OS2/c14-12(17)9-1-3-10(4-2-9)13(16)15-11-5-7-18-8-6-11/h1-4,11H,5-8H2,(H2,14,17)(H,15,16). The fourth-order valence-electron chi connectivity index (χ4n) is 1.90. The van der Waals surface area contributed by atoms with Crippen LogP contribution in [0.4, 0.5) is 0 Å². The van der Waals surface area contributed by atoms with Gasteiger partial charge in [0.15, 0.2) is 0 Å². The lowest BCUT2D eigenvalue weighted by Crippen LogP contribution is -2.37. The molecular formula is C13H16N2OS2. The third-order valence-corrected chi connectivity index (χ3v) is 4.27. The Morgan fingerprint density at radius 2 is 1.78 bits per heavy atom. The SMILES string of the molecule is NC(=S)c1ccc(C(=O)NC2CCSCC2)cc1. The van der Waals surface area contributed by atoms with E-state index >= 15 is 0 Å². The number of benzene rings is 1. The zero-order valence-corrected chi connectivity index (χ0v) is 11.7. The molecule has 1 aromatic rings. The second kappa shape index (κ2) is 6.20. The van der Waals surface area contributed by atoms with Gasteiger partial charge in [-0.2, -0.15) is 11.8 Å². The molecule has 1 amide bonds. The summed E-state index contributed by atoms with van der Waals surface area (Å²) in [4.78, 5) is 12.4. The first-order valence-electron chi connectivity index (χ1n) is 5.95. The maximum Gasteiger partial charge on any atom is 0.251 e. The van der Waals surface area contributed by atoms with Crippen LogP contribution in [0.25, 0.3) is 0 Å². The van der Waals surface area contributed by atoms with Crippen LogP contribution in [0.15, 0.2) is 24.3 Å². The molecule has 18 heavy (non-hydrogen) atoms. The van der Waals surface area contributed by atoms with E-state index in [0.717, 1.165) is 29.9 Å². The zero-order valence-electron chi connectivity index (χ0n) is 10.0. The van der Waals surface area contributed by atoms with E-state index in [0.29, 0.717) is 16.6 Å². The first-order valence-corrected chi connectivity index (χ1v) is 7.51. The first-order chi connectivity index (χ1) is 8.66. The fraction of sp³-hybridized carbons (Fsp3) is 0.385. The number of hydrogen-bond donors (Lipinski definition) is 2. The molecule has 1 saturated heterocycles. The van der Waals surface area contributed by atoms with Crippen LogP contribution in [-0.2, 0) is 0 Å². The lowest BCUT2D eigenvalue weighted by molar-refractivity contribution is 0.0935. The van der Waals surface area contributed by atoms with Crippen molar-refractivity contribution in [2.45, 2.75) is 18.9 Å². The average Bonchev–Trinajstić information content (AvgIpc) is 2.40. The van der Waals surface area contributed by atoms with Crippen LogP contribution in [0.3, 0.4) is 0 Å². The van der Waals surface area contributed by atoms with Gasteiger partial charge in [-0.25, -0.2) is 0 Å². The van der Waals surface area contributed by atoms with Crippen molar-refractivity contribution in [2.24, 2.45) is 5.73 Å². The smallest absolute Gasteiger partial charge is 0.251 e. The number of carbonyl (C=O) groups excluding carboxylic acids is 1. The third-order valence-electron chi connectivity index (χ3n) is 2.99. The van der Waals surface area contributed by atoms with Gasteiger partial charge in [-0.1, -0.05) is 24.4 Å². The molecule has 1 aliphatic rings. The maximum atomic E-state index is 12.0. The van der Waals surface area contributed by atoms with Crippen LogP contribution in [0.1, 0.15) is 28.8 Å². The normalized spacial score (nSPS) is 16.2. The Labute approximate surface area is 117 Å². The molecule has 5 heteroatoms. The third kappa shape index (κ3) is 3.46.